The maximum atomic E-state index is 5.37. The highest BCUT2D eigenvalue weighted by molar-refractivity contribution is 4.99. The van der Waals surface area contributed by atoms with E-state index in [1.807, 2.05) is 0 Å². The fraction of sp³-hybridized carbons (Fsp3) is 0.818. The lowest BCUT2D eigenvalue weighted by Crippen LogP contribution is -2.07. The lowest BCUT2D eigenvalue weighted by molar-refractivity contribution is 0.408. The van der Waals surface area contributed by atoms with Crippen molar-refractivity contribution in [3.63, 3.8) is 0 Å². The van der Waals surface area contributed by atoms with E-state index in [1.54, 1.807) is 0 Å². The largest absolute Gasteiger partial charge is 0.120 e. The molecule has 0 aromatic carbocycles. The van der Waals surface area contributed by atoms with Crippen molar-refractivity contribution in [2.24, 2.45) is 11.3 Å². The van der Waals surface area contributed by atoms with Crippen LogP contribution in [0.3, 0.4) is 0 Å². The van der Waals surface area contributed by atoms with Crippen LogP contribution >= 0.6 is 0 Å². The molecule has 0 saturated carbocycles. The zero-order valence-electron chi connectivity index (χ0n) is 8.28. The molecule has 0 aromatic heterocycles. The summed E-state index contributed by atoms with van der Waals surface area (Å²) in [6.45, 7) is 8.77. The van der Waals surface area contributed by atoms with Crippen LogP contribution in [0.1, 0.15) is 47.0 Å². The first kappa shape index (κ1) is 10.6. The van der Waals surface area contributed by atoms with Crippen LogP contribution in [0.4, 0.5) is 0 Å². The minimum atomic E-state index is 0.106. The van der Waals surface area contributed by atoms with E-state index in [2.05, 4.69) is 33.6 Å². The van der Waals surface area contributed by atoms with Crippen LogP contribution in [0.25, 0.3) is 0 Å². The van der Waals surface area contributed by atoms with Crippen molar-refractivity contribution in [2.45, 2.75) is 47.0 Å². The standard InChI is InChI=1S/C11H20/c1-6-11(4,5)9-7-8-10(2)3/h1,10H,7-9H2,2-5H3. The molecule has 0 atom stereocenters. The molecule has 0 heteroatoms. The highest BCUT2D eigenvalue weighted by atomic mass is 14.2. The van der Waals surface area contributed by atoms with Crippen molar-refractivity contribution in [2.75, 3.05) is 0 Å². The average Bonchev–Trinajstić information content (AvgIpc) is 1.87. The van der Waals surface area contributed by atoms with Crippen molar-refractivity contribution < 1.29 is 0 Å². The maximum absolute atomic E-state index is 5.37. The summed E-state index contributed by atoms with van der Waals surface area (Å²) in [7, 11) is 0. The van der Waals surface area contributed by atoms with E-state index in [-0.39, 0.29) is 5.41 Å². The van der Waals surface area contributed by atoms with Gasteiger partial charge in [-0.25, -0.2) is 0 Å². The smallest absolute Gasteiger partial charge is 0.0255 e. The topological polar surface area (TPSA) is 0 Å². The molecular weight excluding hydrogens is 132 g/mol. The van der Waals surface area contributed by atoms with Crippen LogP contribution in [-0.4, -0.2) is 0 Å². The summed E-state index contributed by atoms with van der Waals surface area (Å²) in [6, 6.07) is 0. The molecule has 0 bridgehead atoms. The van der Waals surface area contributed by atoms with Gasteiger partial charge < -0.3 is 0 Å². The molecule has 0 amide bonds. The van der Waals surface area contributed by atoms with Gasteiger partial charge in [0.05, 0.1) is 0 Å². The molecule has 64 valence electrons. The molecule has 0 spiro atoms. The van der Waals surface area contributed by atoms with Gasteiger partial charge in [0.25, 0.3) is 0 Å². The molecule has 0 aromatic rings. The van der Waals surface area contributed by atoms with Crippen molar-refractivity contribution >= 4 is 0 Å². The predicted octanol–water partition coefficient (Wildman–Crippen LogP) is 3.47. The summed E-state index contributed by atoms with van der Waals surface area (Å²) in [5.74, 6) is 3.62. The van der Waals surface area contributed by atoms with E-state index < -0.39 is 0 Å². The molecule has 11 heavy (non-hydrogen) atoms. The first-order valence-corrected chi connectivity index (χ1v) is 4.46. The second-order valence-electron chi connectivity index (χ2n) is 4.31. The third-order valence-electron chi connectivity index (χ3n) is 1.97. The van der Waals surface area contributed by atoms with E-state index in [9.17, 15) is 0 Å². The van der Waals surface area contributed by atoms with Crippen molar-refractivity contribution in [3.8, 4) is 12.3 Å². The van der Waals surface area contributed by atoms with Crippen LogP contribution in [0.5, 0.6) is 0 Å². The van der Waals surface area contributed by atoms with E-state index in [0.717, 1.165) is 12.3 Å². The van der Waals surface area contributed by atoms with Crippen LogP contribution in [0, 0.1) is 23.7 Å². The van der Waals surface area contributed by atoms with Crippen LogP contribution < -0.4 is 0 Å². The van der Waals surface area contributed by atoms with E-state index in [1.165, 1.54) is 12.8 Å². The van der Waals surface area contributed by atoms with Gasteiger partial charge in [-0.05, 0) is 26.2 Å². The Kier molecular flexibility index (Phi) is 4.26. The van der Waals surface area contributed by atoms with Gasteiger partial charge in [-0.3, -0.25) is 0 Å². The Balaban J connectivity index is 3.48. The molecule has 0 aliphatic rings. The second-order valence-corrected chi connectivity index (χ2v) is 4.31. The normalized spacial score (nSPS) is 11.6. The Labute approximate surface area is 71.4 Å². The zero-order valence-corrected chi connectivity index (χ0v) is 8.28. The molecule has 0 heterocycles. The van der Waals surface area contributed by atoms with Crippen molar-refractivity contribution in [1.29, 1.82) is 0 Å². The molecule has 0 saturated heterocycles. The van der Waals surface area contributed by atoms with Crippen LogP contribution in [0.15, 0.2) is 0 Å². The van der Waals surface area contributed by atoms with Crippen molar-refractivity contribution in [1.82, 2.24) is 0 Å². The third-order valence-corrected chi connectivity index (χ3v) is 1.97. The number of hydrogen-bond acceptors (Lipinski definition) is 0. The zero-order chi connectivity index (χ0) is 8.91. The molecule has 0 aliphatic carbocycles. The third kappa shape index (κ3) is 5.98. The summed E-state index contributed by atoms with van der Waals surface area (Å²) in [4.78, 5) is 0. The molecule has 0 N–H and O–H groups in total. The van der Waals surface area contributed by atoms with Gasteiger partial charge in [0.2, 0.25) is 0 Å². The first-order chi connectivity index (χ1) is 4.98. The van der Waals surface area contributed by atoms with E-state index in [4.69, 9.17) is 6.42 Å². The van der Waals surface area contributed by atoms with Gasteiger partial charge >= 0.3 is 0 Å². The number of terminal acetylenes is 1. The summed E-state index contributed by atoms with van der Waals surface area (Å²) in [5.41, 5.74) is 0.106. The number of hydrogen-bond donors (Lipinski definition) is 0. The quantitative estimate of drug-likeness (QED) is 0.541. The fourth-order valence-corrected chi connectivity index (χ4v) is 1.02. The van der Waals surface area contributed by atoms with Gasteiger partial charge in [0, 0.05) is 5.41 Å². The van der Waals surface area contributed by atoms with E-state index in [0.29, 0.717) is 0 Å². The molecule has 0 nitrogen and oxygen atoms in total. The summed E-state index contributed by atoms with van der Waals surface area (Å²) >= 11 is 0. The van der Waals surface area contributed by atoms with Gasteiger partial charge in [-0.2, -0.15) is 0 Å². The second kappa shape index (κ2) is 4.44. The monoisotopic (exact) mass is 152 g/mol. The molecule has 0 aliphatic heterocycles. The van der Waals surface area contributed by atoms with Gasteiger partial charge in [-0.1, -0.05) is 26.7 Å². The average molecular weight is 152 g/mol. The van der Waals surface area contributed by atoms with Gasteiger partial charge in [-0.15, -0.1) is 12.3 Å². The molecular formula is C11H20. The molecule has 0 rings (SSSR count). The minimum Gasteiger partial charge on any atom is -0.120 e. The predicted molar refractivity (Wildman–Crippen MR) is 51.3 cm³/mol. The van der Waals surface area contributed by atoms with Crippen LogP contribution in [-0.2, 0) is 0 Å². The minimum absolute atomic E-state index is 0.106. The Morgan fingerprint density at radius 2 is 1.91 bits per heavy atom. The Morgan fingerprint density at radius 1 is 1.36 bits per heavy atom. The SMILES string of the molecule is C#CC(C)(C)CCCC(C)C. The Morgan fingerprint density at radius 3 is 2.27 bits per heavy atom. The van der Waals surface area contributed by atoms with Crippen molar-refractivity contribution in [3.05, 3.63) is 0 Å². The summed E-state index contributed by atoms with van der Waals surface area (Å²) in [6.07, 6.45) is 9.08. The number of rotatable bonds is 4. The maximum Gasteiger partial charge on any atom is 0.0255 e. The molecule has 0 unspecified atom stereocenters. The molecule has 0 radical (unpaired) electrons. The first-order valence-electron chi connectivity index (χ1n) is 4.46. The highest BCUT2D eigenvalue weighted by Gasteiger charge is 2.12. The summed E-state index contributed by atoms with van der Waals surface area (Å²) in [5, 5.41) is 0. The summed E-state index contributed by atoms with van der Waals surface area (Å²) < 4.78 is 0. The van der Waals surface area contributed by atoms with Crippen LogP contribution in [0.2, 0.25) is 0 Å². The molecule has 0 fully saturated rings. The van der Waals surface area contributed by atoms with E-state index >= 15 is 0 Å². The highest BCUT2D eigenvalue weighted by Crippen LogP contribution is 2.22. The Hall–Kier alpha value is -0.440. The van der Waals surface area contributed by atoms with Gasteiger partial charge in [0.1, 0.15) is 0 Å². The Bertz CT molecular complexity index is 135. The lowest BCUT2D eigenvalue weighted by atomic mass is 9.87. The fourth-order valence-electron chi connectivity index (χ4n) is 1.02. The lowest BCUT2D eigenvalue weighted by Gasteiger charge is -2.17. The van der Waals surface area contributed by atoms with Gasteiger partial charge in [0.15, 0.2) is 0 Å².